The van der Waals surface area contributed by atoms with Gasteiger partial charge in [0.15, 0.2) is 5.75 Å². The predicted molar refractivity (Wildman–Crippen MR) is 68.1 cm³/mol. The largest absolute Gasteiger partial charge is 0.433 e. The highest BCUT2D eigenvalue weighted by atomic mass is 19.3. The molecule has 0 aliphatic carbocycles. The van der Waals surface area contributed by atoms with Gasteiger partial charge in [0.05, 0.1) is 5.69 Å². The van der Waals surface area contributed by atoms with E-state index in [4.69, 9.17) is 5.73 Å². The van der Waals surface area contributed by atoms with Crippen LogP contribution >= 0.6 is 0 Å². The number of benzene rings is 1. The van der Waals surface area contributed by atoms with Gasteiger partial charge in [-0.1, -0.05) is 6.92 Å². The van der Waals surface area contributed by atoms with Gasteiger partial charge < -0.3 is 15.4 Å². The zero-order chi connectivity index (χ0) is 13.1. The minimum atomic E-state index is -2.84. The van der Waals surface area contributed by atoms with E-state index in [1.165, 1.54) is 0 Å². The molecule has 5 heteroatoms. The van der Waals surface area contributed by atoms with Gasteiger partial charge in [-0.05, 0) is 30.9 Å². The molecule has 1 fully saturated rings. The molecule has 0 spiro atoms. The first-order valence-electron chi connectivity index (χ1n) is 6.15. The summed E-state index contributed by atoms with van der Waals surface area (Å²) < 4.78 is 28.9. The number of anilines is 2. The van der Waals surface area contributed by atoms with Crippen molar-refractivity contribution >= 4 is 11.4 Å². The average molecular weight is 256 g/mol. The summed E-state index contributed by atoms with van der Waals surface area (Å²) in [5, 5.41) is 0. The number of nitrogens with two attached hydrogens (primary N) is 1. The van der Waals surface area contributed by atoms with Gasteiger partial charge >= 0.3 is 6.61 Å². The second-order valence-corrected chi connectivity index (χ2v) is 4.77. The van der Waals surface area contributed by atoms with E-state index in [-0.39, 0.29) is 11.4 Å². The third-order valence-corrected chi connectivity index (χ3v) is 3.36. The van der Waals surface area contributed by atoms with Crippen LogP contribution in [0.5, 0.6) is 5.75 Å². The van der Waals surface area contributed by atoms with E-state index >= 15 is 0 Å². The van der Waals surface area contributed by atoms with Gasteiger partial charge in [0.25, 0.3) is 0 Å². The molecule has 2 N–H and O–H groups in total. The molecule has 1 aromatic carbocycles. The number of halogens is 2. The fourth-order valence-electron chi connectivity index (χ4n) is 2.18. The maximum Gasteiger partial charge on any atom is 0.387 e. The number of ether oxygens (including phenoxy) is 1. The summed E-state index contributed by atoms with van der Waals surface area (Å²) in [7, 11) is 0. The van der Waals surface area contributed by atoms with Gasteiger partial charge in [0.2, 0.25) is 0 Å². The molecule has 2 rings (SSSR count). The molecule has 0 unspecified atom stereocenters. The van der Waals surface area contributed by atoms with E-state index in [9.17, 15) is 8.78 Å². The van der Waals surface area contributed by atoms with Crippen molar-refractivity contribution in [1.82, 2.24) is 0 Å². The SMILES string of the molecule is CC1CCN(c2ccc(N)c(OC(F)F)c2)CC1. The second-order valence-electron chi connectivity index (χ2n) is 4.77. The lowest BCUT2D eigenvalue weighted by molar-refractivity contribution is -0.0493. The molecule has 1 saturated heterocycles. The maximum absolute atomic E-state index is 12.2. The third kappa shape index (κ3) is 3.03. The Labute approximate surface area is 106 Å². The number of nitrogen functional groups attached to an aromatic ring is 1. The monoisotopic (exact) mass is 256 g/mol. The van der Waals surface area contributed by atoms with Gasteiger partial charge in [-0.3, -0.25) is 0 Å². The summed E-state index contributed by atoms with van der Waals surface area (Å²) in [6, 6.07) is 5.06. The molecule has 18 heavy (non-hydrogen) atoms. The van der Waals surface area contributed by atoms with Crippen LogP contribution in [0.3, 0.4) is 0 Å². The fraction of sp³-hybridized carbons (Fsp3) is 0.538. The summed E-state index contributed by atoms with van der Waals surface area (Å²) in [6.07, 6.45) is 2.24. The van der Waals surface area contributed by atoms with Gasteiger partial charge in [-0.25, -0.2) is 0 Å². The summed E-state index contributed by atoms with van der Waals surface area (Å²) >= 11 is 0. The number of rotatable bonds is 3. The Morgan fingerprint density at radius 3 is 2.61 bits per heavy atom. The van der Waals surface area contributed by atoms with Crippen LogP contribution in [0.2, 0.25) is 0 Å². The summed E-state index contributed by atoms with van der Waals surface area (Å²) in [6.45, 7) is 1.27. The molecule has 100 valence electrons. The van der Waals surface area contributed by atoms with Crippen molar-refractivity contribution in [2.75, 3.05) is 23.7 Å². The lowest BCUT2D eigenvalue weighted by atomic mass is 9.99. The van der Waals surface area contributed by atoms with Gasteiger partial charge in [-0.2, -0.15) is 8.78 Å². The van der Waals surface area contributed by atoms with Crippen LogP contribution in [-0.4, -0.2) is 19.7 Å². The van der Waals surface area contributed by atoms with Crippen LogP contribution in [0.15, 0.2) is 18.2 Å². The van der Waals surface area contributed by atoms with Crippen LogP contribution in [0.1, 0.15) is 19.8 Å². The van der Waals surface area contributed by atoms with Crippen molar-refractivity contribution in [2.45, 2.75) is 26.4 Å². The molecule has 0 atom stereocenters. The highest BCUT2D eigenvalue weighted by Gasteiger charge is 2.17. The summed E-state index contributed by atoms with van der Waals surface area (Å²) in [5.41, 5.74) is 6.75. The first kappa shape index (κ1) is 12.9. The van der Waals surface area contributed by atoms with E-state index in [1.807, 2.05) is 6.07 Å². The molecule has 0 aromatic heterocycles. The van der Waals surface area contributed by atoms with Crippen LogP contribution < -0.4 is 15.4 Å². The van der Waals surface area contributed by atoms with Crippen molar-refractivity contribution in [1.29, 1.82) is 0 Å². The average Bonchev–Trinajstić information content (AvgIpc) is 2.32. The highest BCUT2D eigenvalue weighted by Crippen LogP contribution is 2.31. The first-order valence-corrected chi connectivity index (χ1v) is 6.15. The number of hydrogen-bond donors (Lipinski definition) is 1. The molecular weight excluding hydrogens is 238 g/mol. The normalized spacial score (nSPS) is 17.2. The minimum absolute atomic E-state index is 0.0566. The number of nitrogens with zero attached hydrogens (tertiary/aromatic N) is 1. The van der Waals surface area contributed by atoms with Gasteiger partial charge in [-0.15, -0.1) is 0 Å². The summed E-state index contributed by atoms with van der Waals surface area (Å²) in [4.78, 5) is 2.18. The molecule has 1 heterocycles. The Morgan fingerprint density at radius 1 is 1.33 bits per heavy atom. The topological polar surface area (TPSA) is 38.5 Å². The van der Waals surface area contributed by atoms with E-state index < -0.39 is 6.61 Å². The Kier molecular flexibility index (Phi) is 3.89. The van der Waals surface area contributed by atoms with Crippen LogP contribution in [-0.2, 0) is 0 Å². The molecule has 1 aliphatic heterocycles. The molecule has 0 amide bonds. The van der Waals surface area contributed by atoms with Gasteiger partial charge in [0.1, 0.15) is 0 Å². The lowest BCUT2D eigenvalue weighted by Crippen LogP contribution is -2.32. The minimum Gasteiger partial charge on any atom is -0.433 e. The van der Waals surface area contributed by atoms with Crippen LogP contribution in [0, 0.1) is 5.92 Å². The van der Waals surface area contributed by atoms with E-state index in [1.54, 1.807) is 12.1 Å². The van der Waals surface area contributed by atoms with Crippen LogP contribution in [0.25, 0.3) is 0 Å². The molecule has 0 bridgehead atoms. The molecule has 0 saturated carbocycles. The Balaban J connectivity index is 2.13. The molecule has 3 nitrogen and oxygen atoms in total. The zero-order valence-corrected chi connectivity index (χ0v) is 10.4. The number of hydrogen-bond acceptors (Lipinski definition) is 3. The zero-order valence-electron chi connectivity index (χ0n) is 10.4. The Hall–Kier alpha value is -1.52. The van der Waals surface area contributed by atoms with Crippen molar-refractivity contribution in [3.63, 3.8) is 0 Å². The first-order chi connectivity index (χ1) is 8.56. The van der Waals surface area contributed by atoms with Gasteiger partial charge in [0, 0.05) is 24.8 Å². The molecular formula is C13H18F2N2O. The molecule has 1 aromatic rings. The fourth-order valence-corrected chi connectivity index (χ4v) is 2.18. The third-order valence-electron chi connectivity index (χ3n) is 3.36. The lowest BCUT2D eigenvalue weighted by Gasteiger charge is -2.32. The van der Waals surface area contributed by atoms with E-state index in [0.717, 1.165) is 37.5 Å². The Bertz CT molecular complexity index is 404. The smallest absolute Gasteiger partial charge is 0.387 e. The molecule has 1 aliphatic rings. The van der Waals surface area contributed by atoms with Crippen molar-refractivity contribution in [3.8, 4) is 5.75 Å². The number of alkyl halides is 2. The second kappa shape index (κ2) is 5.42. The maximum atomic E-state index is 12.2. The predicted octanol–water partition coefficient (Wildman–Crippen LogP) is 3.11. The van der Waals surface area contributed by atoms with Crippen LogP contribution in [0.4, 0.5) is 20.2 Å². The summed E-state index contributed by atoms with van der Waals surface area (Å²) in [5.74, 6) is 0.785. The van der Waals surface area contributed by atoms with E-state index in [2.05, 4.69) is 16.6 Å². The highest BCUT2D eigenvalue weighted by molar-refractivity contribution is 5.62. The number of piperidine rings is 1. The van der Waals surface area contributed by atoms with Crippen molar-refractivity contribution < 1.29 is 13.5 Å². The van der Waals surface area contributed by atoms with Crippen molar-refractivity contribution in [3.05, 3.63) is 18.2 Å². The van der Waals surface area contributed by atoms with Crippen molar-refractivity contribution in [2.24, 2.45) is 5.92 Å². The standard InChI is InChI=1S/C13H18F2N2O/c1-9-4-6-17(7-5-9)10-2-3-11(16)12(8-10)18-13(14)15/h2-3,8-9,13H,4-7,16H2,1H3. The molecule has 0 radical (unpaired) electrons. The quantitative estimate of drug-likeness (QED) is 0.844. The van der Waals surface area contributed by atoms with E-state index in [0.29, 0.717) is 0 Å². The Morgan fingerprint density at radius 2 is 2.00 bits per heavy atom.